The third kappa shape index (κ3) is 5.41. The molecule has 0 bridgehead atoms. The summed E-state index contributed by atoms with van der Waals surface area (Å²) >= 11 is 3.28. The van der Waals surface area contributed by atoms with Gasteiger partial charge in [-0.3, -0.25) is 0 Å². The van der Waals surface area contributed by atoms with E-state index in [9.17, 15) is 13.2 Å². The van der Waals surface area contributed by atoms with Crippen LogP contribution in [0.15, 0.2) is 22.7 Å². The maximum absolute atomic E-state index is 12.0. The molecule has 0 heterocycles. The van der Waals surface area contributed by atoms with Crippen LogP contribution in [0.25, 0.3) is 0 Å². The molecule has 0 aliphatic rings. The van der Waals surface area contributed by atoms with E-state index in [1.165, 1.54) is 0 Å². The summed E-state index contributed by atoms with van der Waals surface area (Å²) in [6.45, 7) is 0.383. The number of anilines is 1. The van der Waals surface area contributed by atoms with E-state index in [4.69, 9.17) is 5.73 Å². The Labute approximate surface area is 107 Å². The highest BCUT2D eigenvalue weighted by Gasteiger charge is 2.27. The summed E-state index contributed by atoms with van der Waals surface area (Å²) in [6.07, 6.45) is -4.92. The van der Waals surface area contributed by atoms with Gasteiger partial charge in [0, 0.05) is 23.2 Å². The fourth-order valence-electron chi connectivity index (χ4n) is 1.40. The van der Waals surface area contributed by atoms with E-state index in [1.807, 2.05) is 12.1 Å². The first-order chi connectivity index (χ1) is 7.78. The number of halogens is 4. The Morgan fingerprint density at radius 1 is 1.35 bits per heavy atom. The van der Waals surface area contributed by atoms with E-state index < -0.39 is 12.6 Å². The second-order valence-electron chi connectivity index (χ2n) is 3.95. The average molecular weight is 311 g/mol. The Kier molecular flexibility index (Phi) is 4.82. The lowest BCUT2D eigenvalue weighted by Crippen LogP contribution is -2.24. The predicted molar refractivity (Wildman–Crippen MR) is 65.6 cm³/mol. The van der Waals surface area contributed by atoms with Crippen LogP contribution >= 0.6 is 15.9 Å². The van der Waals surface area contributed by atoms with Crippen LogP contribution in [0.3, 0.4) is 0 Å². The number of benzene rings is 1. The summed E-state index contributed by atoms with van der Waals surface area (Å²) in [4.78, 5) is 1.60. The average Bonchev–Trinajstić information content (AvgIpc) is 2.18. The van der Waals surface area contributed by atoms with Crippen LogP contribution in [0.4, 0.5) is 18.9 Å². The molecule has 1 aromatic rings. The minimum atomic E-state index is -4.11. The third-order valence-electron chi connectivity index (χ3n) is 2.33. The number of rotatable bonds is 4. The van der Waals surface area contributed by atoms with Crippen molar-refractivity contribution in [2.24, 2.45) is 0 Å². The second-order valence-corrected chi connectivity index (χ2v) is 4.86. The lowest BCUT2D eigenvalue weighted by atomic mass is 10.1. The van der Waals surface area contributed by atoms with E-state index in [1.54, 1.807) is 18.0 Å². The molecule has 0 radical (unpaired) electrons. The van der Waals surface area contributed by atoms with Gasteiger partial charge in [0.05, 0.1) is 6.42 Å². The maximum Gasteiger partial charge on any atom is 0.390 e. The molecule has 0 aliphatic carbocycles. The Morgan fingerprint density at radius 3 is 2.53 bits per heavy atom. The van der Waals surface area contributed by atoms with E-state index in [0.29, 0.717) is 12.2 Å². The lowest BCUT2D eigenvalue weighted by molar-refractivity contribution is -0.137. The van der Waals surface area contributed by atoms with Crippen LogP contribution in [0.2, 0.25) is 0 Å². The number of hydrogen-bond donors (Lipinski definition) is 1. The zero-order valence-electron chi connectivity index (χ0n) is 9.39. The molecule has 1 rings (SSSR count). The van der Waals surface area contributed by atoms with Gasteiger partial charge >= 0.3 is 6.18 Å². The summed E-state index contributed by atoms with van der Waals surface area (Å²) in [6, 6.07) is 5.37. The first-order valence-corrected chi connectivity index (χ1v) is 5.86. The standard InChI is InChI=1S/C11H14BrF3N2/c1-17(5-4-11(13,14)15)7-8-2-3-9(12)6-10(8)16/h2-3,6H,4-5,7,16H2,1H3. The molecule has 6 heteroatoms. The van der Waals surface area contributed by atoms with Gasteiger partial charge in [0.2, 0.25) is 0 Å². The molecule has 0 unspecified atom stereocenters. The van der Waals surface area contributed by atoms with Crippen LogP contribution in [0.5, 0.6) is 0 Å². The van der Waals surface area contributed by atoms with Gasteiger partial charge in [0.1, 0.15) is 0 Å². The van der Waals surface area contributed by atoms with E-state index in [0.717, 1.165) is 10.0 Å². The molecule has 96 valence electrons. The van der Waals surface area contributed by atoms with Crippen LogP contribution in [0, 0.1) is 0 Å². The maximum atomic E-state index is 12.0. The molecule has 0 spiro atoms. The van der Waals surface area contributed by atoms with Crippen molar-refractivity contribution in [3.05, 3.63) is 28.2 Å². The van der Waals surface area contributed by atoms with Crippen molar-refractivity contribution >= 4 is 21.6 Å². The van der Waals surface area contributed by atoms with Gasteiger partial charge in [0.15, 0.2) is 0 Å². The van der Waals surface area contributed by atoms with Crippen molar-refractivity contribution in [2.75, 3.05) is 19.3 Å². The fraction of sp³-hybridized carbons (Fsp3) is 0.455. The van der Waals surface area contributed by atoms with Crippen molar-refractivity contribution in [1.82, 2.24) is 4.90 Å². The Morgan fingerprint density at radius 2 is 2.00 bits per heavy atom. The largest absolute Gasteiger partial charge is 0.398 e. The monoisotopic (exact) mass is 310 g/mol. The van der Waals surface area contributed by atoms with Gasteiger partial charge in [-0.25, -0.2) is 0 Å². The quantitative estimate of drug-likeness (QED) is 0.864. The van der Waals surface area contributed by atoms with E-state index in [2.05, 4.69) is 15.9 Å². The van der Waals surface area contributed by atoms with Gasteiger partial charge < -0.3 is 10.6 Å². The SMILES string of the molecule is CN(CCC(F)(F)F)Cc1ccc(Br)cc1N. The Bertz CT molecular complexity index is 379. The first kappa shape index (κ1) is 14.3. The van der Waals surface area contributed by atoms with Crippen LogP contribution in [-0.2, 0) is 6.54 Å². The highest BCUT2D eigenvalue weighted by Crippen LogP contribution is 2.22. The zero-order valence-corrected chi connectivity index (χ0v) is 11.0. The number of nitrogens with two attached hydrogens (primary N) is 1. The highest BCUT2D eigenvalue weighted by atomic mass is 79.9. The Balaban J connectivity index is 2.53. The number of nitrogens with zero attached hydrogens (tertiary/aromatic N) is 1. The van der Waals surface area contributed by atoms with Crippen molar-refractivity contribution in [3.63, 3.8) is 0 Å². The zero-order chi connectivity index (χ0) is 13.1. The van der Waals surface area contributed by atoms with Gasteiger partial charge in [0.25, 0.3) is 0 Å². The van der Waals surface area contributed by atoms with E-state index >= 15 is 0 Å². The predicted octanol–water partition coefficient (Wildman–Crippen LogP) is 3.42. The molecular formula is C11H14BrF3N2. The summed E-state index contributed by atoms with van der Waals surface area (Å²) in [5, 5.41) is 0. The second kappa shape index (κ2) is 5.73. The number of alkyl halides is 3. The van der Waals surface area contributed by atoms with Crippen molar-refractivity contribution in [3.8, 4) is 0 Å². The molecule has 17 heavy (non-hydrogen) atoms. The summed E-state index contributed by atoms with van der Waals surface area (Å²) in [5.41, 5.74) is 7.19. The summed E-state index contributed by atoms with van der Waals surface area (Å²) < 4.78 is 36.9. The van der Waals surface area contributed by atoms with Crippen LogP contribution in [0.1, 0.15) is 12.0 Å². The highest BCUT2D eigenvalue weighted by molar-refractivity contribution is 9.10. The van der Waals surface area contributed by atoms with Gasteiger partial charge in [-0.05, 0) is 24.7 Å². The molecule has 0 aliphatic heterocycles. The van der Waals surface area contributed by atoms with Gasteiger partial charge in [-0.1, -0.05) is 22.0 Å². The van der Waals surface area contributed by atoms with Gasteiger partial charge in [-0.15, -0.1) is 0 Å². The lowest BCUT2D eigenvalue weighted by Gasteiger charge is -2.18. The molecular weight excluding hydrogens is 297 g/mol. The molecule has 2 N–H and O–H groups in total. The minimum Gasteiger partial charge on any atom is -0.398 e. The van der Waals surface area contributed by atoms with E-state index in [-0.39, 0.29) is 6.54 Å². The van der Waals surface area contributed by atoms with Crippen molar-refractivity contribution in [2.45, 2.75) is 19.1 Å². The van der Waals surface area contributed by atoms with Gasteiger partial charge in [-0.2, -0.15) is 13.2 Å². The van der Waals surface area contributed by atoms with Crippen LogP contribution in [-0.4, -0.2) is 24.7 Å². The molecule has 0 aromatic heterocycles. The fourth-order valence-corrected chi connectivity index (χ4v) is 1.78. The molecule has 0 amide bonds. The minimum absolute atomic E-state index is 0.0288. The third-order valence-corrected chi connectivity index (χ3v) is 2.82. The van der Waals surface area contributed by atoms with Crippen molar-refractivity contribution in [1.29, 1.82) is 0 Å². The molecule has 1 aromatic carbocycles. The number of nitrogen functional groups attached to an aromatic ring is 1. The molecule has 2 nitrogen and oxygen atoms in total. The number of hydrogen-bond acceptors (Lipinski definition) is 2. The molecule has 0 fully saturated rings. The molecule has 0 atom stereocenters. The summed E-state index contributed by atoms with van der Waals surface area (Å²) in [5.74, 6) is 0. The van der Waals surface area contributed by atoms with Crippen molar-refractivity contribution < 1.29 is 13.2 Å². The Hall–Kier alpha value is -0.750. The first-order valence-electron chi connectivity index (χ1n) is 5.07. The topological polar surface area (TPSA) is 29.3 Å². The molecule has 0 saturated heterocycles. The smallest absolute Gasteiger partial charge is 0.390 e. The summed E-state index contributed by atoms with van der Waals surface area (Å²) in [7, 11) is 1.65. The van der Waals surface area contributed by atoms with Crippen LogP contribution < -0.4 is 5.73 Å². The molecule has 0 saturated carbocycles. The normalized spacial score (nSPS) is 12.1.